The Morgan fingerprint density at radius 1 is 0.968 bits per heavy atom. The minimum absolute atomic E-state index is 0. The third-order valence-corrected chi connectivity index (χ3v) is 7.25. The molecular formula is C25H32N4OS. The molecule has 0 unspecified atom stereocenters. The number of nitrogens with zero attached hydrogens (tertiary/aromatic N) is 2. The molecule has 0 heterocycles. The van der Waals surface area contributed by atoms with Crippen LogP contribution in [0.1, 0.15) is 86.5 Å². The summed E-state index contributed by atoms with van der Waals surface area (Å²) >= 11 is 0. The van der Waals surface area contributed by atoms with Gasteiger partial charge in [-0.1, -0.05) is 31.7 Å². The van der Waals surface area contributed by atoms with Crippen molar-refractivity contribution in [2.24, 2.45) is 5.73 Å². The van der Waals surface area contributed by atoms with Crippen molar-refractivity contribution in [3.8, 4) is 12.1 Å². The SMILES string of the molecule is C.CC(C)(C)[S@](=O)N[C@H]1CCc2c(C#N)cccc21.N#Cc1cccc2c1CC[C@@H]2N. The Balaban J connectivity index is 0.000000229. The fourth-order valence-corrected chi connectivity index (χ4v) is 4.84. The third kappa shape index (κ3) is 5.40. The van der Waals surface area contributed by atoms with E-state index in [0.717, 1.165) is 59.1 Å². The molecule has 0 aliphatic heterocycles. The summed E-state index contributed by atoms with van der Waals surface area (Å²) < 4.78 is 15.0. The highest BCUT2D eigenvalue weighted by molar-refractivity contribution is 7.84. The Bertz CT molecular complexity index is 1040. The topological polar surface area (TPSA) is 103 Å². The number of nitrogens with one attached hydrogen (secondary N) is 1. The number of nitriles is 2. The maximum atomic E-state index is 12.1. The molecule has 2 aromatic carbocycles. The van der Waals surface area contributed by atoms with Crippen LogP contribution in [-0.4, -0.2) is 8.96 Å². The molecule has 31 heavy (non-hydrogen) atoms. The second-order valence-electron chi connectivity index (χ2n) is 8.71. The molecule has 2 aliphatic carbocycles. The Hall–Kier alpha value is -2.51. The zero-order valence-corrected chi connectivity index (χ0v) is 18.6. The lowest BCUT2D eigenvalue weighted by Gasteiger charge is -2.22. The summed E-state index contributed by atoms with van der Waals surface area (Å²) in [5.74, 6) is 0. The van der Waals surface area contributed by atoms with Crippen molar-refractivity contribution in [1.29, 1.82) is 10.5 Å². The summed E-state index contributed by atoms with van der Waals surface area (Å²) in [6.45, 7) is 5.87. The summed E-state index contributed by atoms with van der Waals surface area (Å²) in [7, 11) is -1.08. The number of rotatable bonds is 2. The fraction of sp³-hybridized carbons (Fsp3) is 0.440. The van der Waals surface area contributed by atoms with E-state index in [-0.39, 0.29) is 24.3 Å². The van der Waals surface area contributed by atoms with Crippen LogP contribution < -0.4 is 10.5 Å². The number of nitrogens with two attached hydrogens (primary N) is 1. The van der Waals surface area contributed by atoms with Crippen LogP contribution >= 0.6 is 0 Å². The molecule has 0 amide bonds. The normalized spacial score (nSPS) is 19.5. The van der Waals surface area contributed by atoms with Crippen LogP contribution in [0.3, 0.4) is 0 Å². The molecule has 2 aromatic rings. The molecule has 0 saturated heterocycles. The fourth-order valence-electron chi connectivity index (χ4n) is 3.98. The van der Waals surface area contributed by atoms with Crippen LogP contribution in [0.2, 0.25) is 0 Å². The van der Waals surface area contributed by atoms with Crippen LogP contribution in [-0.2, 0) is 23.8 Å². The Morgan fingerprint density at radius 3 is 2.03 bits per heavy atom. The van der Waals surface area contributed by atoms with E-state index in [9.17, 15) is 4.21 Å². The molecule has 6 heteroatoms. The predicted octanol–water partition coefficient (Wildman–Crippen LogP) is 4.74. The van der Waals surface area contributed by atoms with Crippen LogP contribution in [0, 0.1) is 22.7 Å². The van der Waals surface area contributed by atoms with Gasteiger partial charge in [-0.05, 0) is 80.8 Å². The summed E-state index contributed by atoms with van der Waals surface area (Å²) in [6.07, 6.45) is 3.74. The van der Waals surface area contributed by atoms with Crippen LogP contribution in [0.15, 0.2) is 36.4 Å². The summed E-state index contributed by atoms with van der Waals surface area (Å²) in [4.78, 5) is 0. The van der Waals surface area contributed by atoms with E-state index in [4.69, 9.17) is 16.3 Å². The Morgan fingerprint density at radius 2 is 1.48 bits per heavy atom. The van der Waals surface area contributed by atoms with E-state index in [1.165, 1.54) is 0 Å². The second kappa shape index (κ2) is 10.2. The van der Waals surface area contributed by atoms with Crippen LogP contribution in [0.5, 0.6) is 0 Å². The monoisotopic (exact) mass is 436 g/mol. The number of hydrogen-bond acceptors (Lipinski definition) is 4. The van der Waals surface area contributed by atoms with Gasteiger partial charge < -0.3 is 5.73 Å². The van der Waals surface area contributed by atoms with Crippen LogP contribution in [0.25, 0.3) is 0 Å². The van der Waals surface area contributed by atoms with Crippen molar-refractivity contribution in [3.63, 3.8) is 0 Å². The van der Waals surface area contributed by atoms with Crippen molar-refractivity contribution >= 4 is 11.0 Å². The highest BCUT2D eigenvalue weighted by atomic mass is 32.2. The molecule has 0 saturated carbocycles. The van der Waals surface area contributed by atoms with Gasteiger partial charge in [0.15, 0.2) is 0 Å². The van der Waals surface area contributed by atoms with Gasteiger partial charge in [-0.3, -0.25) is 0 Å². The number of fused-ring (bicyclic) bond motifs is 2. The van der Waals surface area contributed by atoms with Crippen molar-refractivity contribution in [2.45, 2.75) is 70.7 Å². The number of hydrogen-bond donors (Lipinski definition) is 2. The zero-order chi connectivity index (χ0) is 21.9. The highest BCUT2D eigenvalue weighted by Gasteiger charge is 2.29. The summed E-state index contributed by atoms with van der Waals surface area (Å²) in [5.41, 5.74) is 12.0. The van der Waals surface area contributed by atoms with E-state index < -0.39 is 11.0 Å². The highest BCUT2D eigenvalue weighted by Crippen LogP contribution is 2.34. The van der Waals surface area contributed by atoms with Crippen molar-refractivity contribution < 1.29 is 4.21 Å². The molecule has 0 spiro atoms. The first kappa shape index (κ1) is 24.8. The average Bonchev–Trinajstić information content (AvgIpc) is 3.31. The molecule has 3 N–H and O–H groups in total. The second-order valence-corrected chi connectivity index (χ2v) is 10.7. The quantitative estimate of drug-likeness (QED) is 0.710. The average molecular weight is 437 g/mol. The van der Waals surface area contributed by atoms with Gasteiger partial charge in [0, 0.05) is 12.1 Å². The van der Waals surface area contributed by atoms with E-state index in [1.54, 1.807) is 0 Å². The first-order valence-electron chi connectivity index (χ1n) is 10.2. The van der Waals surface area contributed by atoms with Gasteiger partial charge in [-0.25, -0.2) is 8.93 Å². The zero-order valence-electron chi connectivity index (χ0n) is 17.7. The molecule has 0 aromatic heterocycles. The van der Waals surface area contributed by atoms with Crippen molar-refractivity contribution in [3.05, 3.63) is 69.8 Å². The van der Waals surface area contributed by atoms with Crippen molar-refractivity contribution in [1.82, 2.24) is 4.72 Å². The maximum absolute atomic E-state index is 12.1. The van der Waals surface area contributed by atoms with Gasteiger partial charge in [0.05, 0.1) is 39.0 Å². The molecule has 0 fully saturated rings. The summed E-state index contributed by atoms with van der Waals surface area (Å²) in [5, 5.41) is 17.9. The van der Waals surface area contributed by atoms with Gasteiger partial charge in [0.2, 0.25) is 0 Å². The van der Waals surface area contributed by atoms with E-state index in [2.05, 4.69) is 16.9 Å². The standard InChI is InChI=1S/C14H18N2OS.C10H10N2.CH4/c1-14(2,3)18(17)16-13-8-7-11-10(9-15)5-4-6-12(11)13;11-6-7-2-1-3-9-8(7)4-5-10(9)12;/h4-6,13,16H,7-8H2,1-3H3;1-3,10H,4-5,12H2;1H4/t13-,18-;10-;/m00./s1. The smallest absolute Gasteiger partial charge is 0.0994 e. The first-order valence-corrected chi connectivity index (χ1v) is 11.4. The maximum Gasteiger partial charge on any atom is 0.0994 e. The van der Waals surface area contributed by atoms with E-state index >= 15 is 0 Å². The molecule has 4 rings (SSSR count). The minimum Gasteiger partial charge on any atom is -0.324 e. The van der Waals surface area contributed by atoms with E-state index in [0.29, 0.717) is 0 Å². The Labute approximate surface area is 188 Å². The van der Waals surface area contributed by atoms with Crippen LogP contribution in [0.4, 0.5) is 0 Å². The lowest BCUT2D eigenvalue weighted by molar-refractivity contribution is 0.596. The lowest BCUT2D eigenvalue weighted by Crippen LogP contribution is -2.35. The molecule has 164 valence electrons. The first-order chi connectivity index (χ1) is 14.3. The number of benzene rings is 2. The third-order valence-electron chi connectivity index (χ3n) is 5.63. The van der Waals surface area contributed by atoms with Gasteiger partial charge in [-0.15, -0.1) is 0 Å². The summed E-state index contributed by atoms with van der Waals surface area (Å²) in [6, 6.07) is 16.2. The lowest BCUT2D eigenvalue weighted by atomic mass is 10.0. The molecule has 5 nitrogen and oxygen atoms in total. The van der Waals surface area contributed by atoms with Gasteiger partial charge in [0.25, 0.3) is 0 Å². The van der Waals surface area contributed by atoms with E-state index in [1.807, 2.05) is 57.2 Å². The van der Waals surface area contributed by atoms with Gasteiger partial charge in [-0.2, -0.15) is 10.5 Å². The van der Waals surface area contributed by atoms with Gasteiger partial charge in [0.1, 0.15) is 0 Å². The molecular weight excluding hydrogens is 404 g/mol. The van der Waals surface area contributed by atoms with Gasteiger partial charge >= 0.3 is 0 Å². The predicted molar refractivity (Wildman–Crippen MR) is 126 cm³/mol. The molecule has 0 bridgehead atoms. The molecule has 2 aliphatic rings. The molecule has 0 radical (unpaired) electrons. The largest absolute Gasteiger partial charge is 0.324 e. The van der Waals surface area contributed by atoms with Crippen molar-refractivity contribution in [2.75, 3.05) is 0 Å². The Kier molecular flexibility index (Phi) is 8.14. The molecule has 3 atom stereocenters. The minimum atomic E-state index is -1.08.